The van der Waals surface area contributed by atoms with E-state index < -0.39 is 5.60 Å². The maximum Gasteiger partial charge on any atom is 0.168 e. The zero-order valence-electron chi connectivity index (χ0n) is 11.6. The Morgan fingerprint density at radius 1 is 1.50 bits per heavy atom. The van der Waals surface area contributed by atoms with Gasteiger partial charge in [0.1, 0.15) is 11.7 Å². The summed E-state index contributed by atoms with van der Waals surface area (Å²) in [5.41, 5.74) is 0.634. The van der Waals surface area contributed by atoms with Crippen LogP contribution in [-0.2, 0) is 0 Å². The minimum Gasteiger partial charge on any atom is -0.390 e. The molecule has 0 aliphatic heterocycles. The van der Waals surface area contributed by atoms with Gasteiger partial charge in [0.05, 0.1) is 5.60 Å². The SMILES string of the molecule is CC(C)(O)CSCCNc1nc2ccccn2c1C#N. The molecule has 0 saturated heterocycles. The van der Waals surface area contributed by atoms with Crippen molar-refractivity contribution in [1.29, 1.82) is 5.26 Å². The second-order valence-corrected chi connectivity index (χ2v) is 6.25. The number of rotatable bonds is 6. The third kappa shape index (κ3) is 3.65. The van der Waals surface area contributed by atoms with Crippen LogP contribution in [0.4, 0.5) is 5.82 Å². The van der Waals surface area contributed by atoms with Crippen LogP contribution in [0.3, 0.4) is 0 Å². The Hall–Kier alpha value is -1.71. The Morgan fingerprint density at radius 2 is 2.30 bits per heavy atom. The van der Waals surface area contributed by atoms with Gasteiger partial charge in [-0.25, -0.2) is 4.98 Å². The van der Waals surface area contributed by atoms with Gasteiger partial charge in [-0.3, -0.25) is 4.40 Å². The van der Waals surface area contributed by atoms with Gasteiger partial charge in [0, 0.05) is 24.2 Å². The van der Waals surface area contributed by atoms with Gasteiger partial charge < -0.3 is 10.4 Å². The van der Waals surface area contributed by atoms with Crippen molar-refractivity contribution < 1.29 is 5.11 Å². The smallest absolute Gasteiger partial charge is 0.168 e. The molecule has 2 aromatic heterocycles. The molecule has 0 unspecified atom stereocenters. The largest absolute Gasteiger partial charge is 0.390 e. The van der Waals surface area contributed by atoms with E-state index in [0.717, 1.165) is 11.4 Å². The molecule has 5 nitrogen and oxygen atoms in total. The van der Waals surface area contributed by atoms with Gasteiger partial charge in [-0.05, 0) is 26.0 Å². The summed E-state index contributed by atoms with van der Waals surface area (Å²) in [6.45, 7) is 4.30. The minimum atomic E-state index is -0.647. The molecular weight excluding hydrogens is 272 g/mol. The Kier molecular flexibility index (Phi) is 4.53. The number of aliphatic hydroxyl groups is 1. The number of hydrogen-bond acceptors (Lipinski definition) is 5. The number of nitrogens with zero attached hydrogens (tertiary/aromatic N) is 3. The molecule has 0 fully saturated rings. The molecule has 0 aliphatic rings. The first-order chi connectivity index (χ1) is 9.51. The van der Waals surface area contributed by atoms with E-state index in [4.69, 9.17) is 0 Å². The van der Waals surface area contributed by atoms with Crippen LogP contribution in [0.15, 0.2) is 24.4 Å². The van der Waals surface area contributed by atoms with E-state index in [1.165, 1.54) is 0 Å². The van der Waals surface area contributed by atoms with Crippen LogP contribution in [0.5, 0.6) is 0 Å². The highest BCUT2D eigenvalue weighted by molar-refractivity contribution is 7.99. The van der Waals surface area contributed by atoms with Crippen molar-refractivity contribution in [3.63, 3.8) is 0 Å². The highest BCUT2D eigenvalue weighted by Crippen LogP contribution is 2.17. The topological polar surface area (TPSA) is 73.3 Å². The Morgan fingerprint density at radius 3 is 3.00 bits per heavy atom. The van der Waals surface area contributed by atoms with Crippen molar-refractivity contribution in [3.8, 4) is 6.07 Å². The van der Waals surface area contributed by atoms with Crippen LogP contribution >= 0.6 is 11.8 Å². The molecule has 0 aliphatic carbocycles. The van der Waals surface area contributed by atoms with Gasteiger partial charge in [0.2, 0.25) is 0 Å². The van der Waals surface area contributed by atoms with E-state index in [1.54, 1.807) is 30.0 Å². The first-order valence-corrected chi connectivity index (χ1v) is 7.58. The lowest BCUT2D eigenvalue weighted by atomic mass is 10.2. The highest BCUT2D eigenvalue weighted by atomic mass is 32.2. The molecule has 0 atom stereocenters. The predicted molar refractivity (Wildman–Crippen MR) is 82.0 cm³/mol. The fourth-order valence-corrected chi connectivity index (χ4v) is 2.68. The number of aromatic nitrogens is 2. The van der Waals surface area contributed by atoms with E-state index in [1.807, 2.05) is 24.4 Å². The second kappa shape index (κ2) is 6.16. The Balaban J connectivity index is 1.95. The summed E-state index contributed by atoms with van der Waals surface area (Å²) in [5, 5.41) is 22.0. The van der Waals surface area contributed by atoms with Crippen LogP contribution in [0, 0.1) is 11.3 Å². The van der Waals surface area contributed by atoms with Crippen LogP contribution in [0.25, 0.3) is 5.65 Å². The number of hydrogen-bond donors (Lipinski definition) is 2. The quantitative estimate of drug-likeness (QED) is 0.797. The fourth-order valence-electron chi connectivity index (χ4n) is 1.79. The number of nitrogens with one attached hydrogen (secondary N) is 1. The van der Waals surface area contributed by atoms with E-state index in [-0.39, 0.29) is 0 Å². The molecule has 2 rings (SSSR count). The second-order valence-electron chi connectivity index (χ2n) is 5.14. The van der Waals surface area contributed by atoms with Crippen molar-refractivity contribution in [2.24, 2.45) is 0 Å². The lowest BCUT2D eigenvalue weighted by molar-refractivity contribution is 0.107. The molecule has 0 radical (unpaired) electrons. The Labute approximate surface area is 122 Å². The van der Waals surface area contributed by atoms with E-state index in [0.29, 0.717) is 23.8 Å². The molecule has 0 aromatic carbocycles. The van der Waals surface area contributed by atoms with Crippen LogP contribution in [-0.4, -0.2) is 38.1 Å². The van der Waals surface area contributed by atoms with Crippen LogP contribution < -0.4 is 5.32 Å². The van der Waals surface area contributed by atoms with Crippen molar-refractivity contribution in [3.05, 3.63) is 30.1 Å². The maximum absolute atomic E-state index is 9.61. The minimum absolute atomic E-state index is 0.521. The van der Waals surface area contributed by atoms with Crippen molar-refractivity contribution >= 4 is 23.2 Å². The highest BCUT2D eigenvalue weighted by Gasteiger charge is 2.13. The molecule has 0 spiro atoms. The van der Waals surface area contributed by atoms with Crippen LogP contribution in [0.1, 0.15) is 19.5 Å². The molecular formula is C14H18N4OS. The summed E-state index contributed by atoms with van der Waals surface area (Å²) < 4.78 is 1.77. The molecule has 0 bridgehead atoms. The first-order valence-electron chi connectivity index (χ1n) is 6.42. The fraction of sp³-hybridized carbons (Fsp3) is 0.429. The normalized spacial score (nSPS) is 11.5. The molecule has 6 heteroatoms. The van der Waals surface area contributed by atoms with Crippen molar-refractivity contribution in [2.45, 2.75) is 19.4 Å². The third-order valence-corrected chi connectivity index (χ3v) is 4.03. The number of nitriles is 1. The monoisotopic (exact) mass is 290 g/mol. The molecule has 0 saturated carbocycles. The van der Waals surface area contributed by atoms with Gasteiger partial charge in [-0.15, -0.1) is 0 Å². The molecule has 2 N–H and O–H groups in total. The summed E-state index contributed by atoms with van der Waals surface area (Å²) in [5.74, 6) is 2.15. The van der Waals surface area contributed by atoms with Crippen molar-refractivity contribution in [2.75, 3.05) is 23.4 Å². The van der Waals surface area contributed by atoms with E-state index >= 15 is 0 Å². The van der Waals surface area contributed by atoms with Gasteiger partial charge in [0.15, 0.2) is 11.5 Å². The summed E-state index contributed by atoms with van der Waals surface area (Å²) >= 11 is 1.67. The number of anilines is 1. The zero-order chi connectivity index (χ0) is 14.6. The van der Waals surface area contributed by atoms with Gasteiger partial charge in [-0.2, -0.15) is 17.0 Å². The zero-order valence-corrected chi connectivity index (χ0v) is 12.4. The third-order valence-electron chi connectivity index (χ3n) is 2.63. The standard InChI is InChI=1S/C14H18N4OS/c1-14(2,19)10-20-8-6-16-13-11(9-15)18-7-4-3-5-12(18)17-13/h3-5,7,16,19H,6,8,10H2,1-2H3. The number of pyridine rings is 1. The summed E-state index contributed by atoms with van der Waals surface area (Å²) in [6, 6.07) is 7.81. The first kappa shape index (κ1) is 14.7. The number of fused-ring (bicyclic) bond motifs is 1. The average Bonchev–Trinajstić information content (AvgIpc) is 2.74. The summed E-state index contributed by atoms with van der Waals surface area (Å²) in [4.78, 5) is 4.40. The van der Waals surface area contributed by atoms with Gasteiger partial charge in [-0.1, -0.05) is 6.07 Å². The summed E-state index contributed by atoms with van der Waals surface area (Å²) in [6.07, 6.45) is 1.83. The lowest BCUT2D eigenvalue weighted by Gasteiger charge is -2.16. The van der Waals surface area contributed by atoms with E-state index in [9.17, 15) is 10.4 Å². The predicted octanol–water partition coefficient (Wildman–Crippen LogP) is 2.12. The van der Waals surface area contributed by atoms with Gasteiger partial charge in [0.25, 0.3) is 0 Å². The average molecular weight is 290 g/mol. The summed E-state index contributed by atoms with van der Waals surface area (Å²) in [7, 11) is 0. The molecule has 20 heavy (non-hydrogen) atoms. The lowest BCUT2D eigenvalue weighted by Crippen LogP contribution is -2.22. The number of thioether (sulfide) groups is 1. The number of imidazole rings is 1. The van der Waals surface area contributed by atoms with Crippen molar-refractivity contribution in [1.82, 2.24) is 9.38 Å². The van der Waals surface area contributed by atoms with E-state index in [2.05, 4.69) is 16.4 Å². The van der Waals surface area contributed by atoms with Crippen LogP contribution in [0.2, 0.25) is 0 Å². The maximum atomic E-state index is 9.61. The molecule has 2 heterocycles. The molecule has 0 amide bonds. The molecule has 2 aromatic rings. The Bertz CT molecular complexity index is 624. The van der Waals surface area contributed by atoms with Gasteiger partial charge >= 0.3 is 0 Å². The molecule has 106 valence electrons.